The van der Waals surface area contributed by atoms with Crippen molar-refractivity contribution < 1.29 is 14.7 Å². The smallest absolute Gasteiger partial charge is 0.257 e. The predicted molar refractivity (Wildman–Crippen MR) is 151 cm³/mol. The van der Waals surface area contributed by atoms with Gasteiger partial charge in [-0.15, -0.1) is 0 Å². The van der Waals surface area contributed by atoms with Crippen LogP contribution in [0.5, 0.6) is 0 Å². The van der Waals surface area contributed by atoms with E-state index < -0.39 is 0 Å². The van der Waals surface area contributed by atoms with Crippen LogP contribution in [0.4, 0.5) is 0 Å². The van der Waals surface area contributed by atoms with E-state index in [1.807, 2.05) is 9.80 Å². The van der Waals surface area contributed by atoms with Gasteiger partial charge in [0.15, 0.2) is 0 Å². The molecule has 0 unspecified atom stereocenters. The maximum absolute atomic E-state index is 13.1. The van der Waals surface area contributed by atoms with Gasteiger partial charge in [0, 0.05) is 38.8 Å². The van der Waals surface area contributed by atoms with Crippen molar-refractivity contribution in [1.82, 2.24) is 20.0 Å². The van der Waals surface area contributed by atoms with Gasteiger partial charge in [-0.05, 0) is 98.2 Å². The number of aliphatic hydroxyl groups is 1. The molecule has 5 aliphatic rings. The first-order chi connectivity index (χ1) is 18.7. The number of aliphatic hydroxyl groups excluding tert-OH is 1. The van der Waals surface area contributed by atoms with Crippen LogP contribution in [-0.2, 0) is 4.79 Å². The number of rotatable bonds is 5. The average molecular weight is 537 g/mol. The minimum atomic E-state index is -0.136. The summed E-state index contributed by atoms with van der Waals surface area (Å²) in [5.74, 6) is 3.85. The lowest BCUT2D eigenvalue weighted by Gasteiger charge is -2.58. The van der Waals surface area contributed by atoms with E-state index in [0.717, 1.165) is 43.4 Å². The van der Waals surface area contributed by atoms with Gasteiger partial charge in [0.05, 0.1) is 17.9 Å². The van der Waals surface area contributed by atoms with Crippen LogP contribution in [0.25, 0.3) is 0 Å². The topological polar surface area (TPSA) is 89.5 Å². The first kappa shape index (κ1) is 27.0. The summed E-state index contributed by atoms with van der Waals surface area (Å²) in [6, 6.07) is 0. The van der Waals surface area contributed by atoms with E-state index in [0.29, 0.717) is 60.8 Å². The Balaban J connectivity index is 1.03. The highest BCUT2D eigenvalue weighted by molar-refractivity contribution is 5.93. The third-order valence-corrected chi connectivity index (χ3v) is 12.3. The Labute approximate surface area is 233 Å². The van der Waals surface area contributed by atoms with Crippen molar-refractivity contribution in [3.63, 3.8) is 0 Å². The number of nitrogens with zero attached hydrogens (tertiary/aromatic N) is 3. The summed E-state index contributed by atoms with van der Waals surface area (Å²) < 4.78 is 0. The largest absolute Gasteiger partial charge is 0.393 e. The number of carbonyl (C=O) groups excluding carboxylic acids is 2. The second-order valence-corrected chi connectivity index (χ2v) is 14.1. The third-order valence-electron chi connectivity index (χ3n) is 12.3. The summed E-state index contributed by atoms with van der Waals surface area (Å²) in [4.78, 5) is 29.5. The number of fused-ring (bicyclic) bond motifs is 5. The van der Waals surface area contributed by atoms with Crippen LogP contribution in [-0.4, -0.2) is 69.2 Å². The molecule has 1 saturated heterocycles. The molecule has 0 bridgehead atoms. The minimum Gasteiger partial charge on any atom is -0.393 e. The summed E-state index contributed by atoms with van der Waals surface area (Å²) in [5.41, 5.74) is 2.82. The molecule has 1 aromatic heterocycles. The molecule has 7 nitrogen and oxygen atoms in total. The molecule has 7 heteroatoms. The molecular formula is C32H48N4O3. The second-order valence-electron chi connectivity index (χ2n) is 14.1. The van der Waals surface area contributed by atoms with Crippen molar-refractivity contribution in [1.29, 1.82) is 0 Å². The van der Waals surface area contributed by atoms with Crippen LogP contribution >= 0.6 is 0 Å². The van der Waals surface area contributed by atoms with Crippen molar-refractivity contribution in [2.45, 2.75) is 91.1 Å². The van der Waals surface area contributed by atoms with E-state index in [1.54, 1.807) is 18.0 Å². The Kier molecular flexibility index (Phi) is 7.18. The summed E-state index contributed by atoms with van der Waals surface area (Å²) in [6.45, 7) is 9.92. The quantitative estimate of drug-likeness (QED) is 0.516. The highest BCUT2D eigenvalue weighted by atomic mass is 16.3. The maximum Gasteiger partial charge on any atom is 0.257 e. The Bertz CT molecular complexity index is 1090. The van der Waals surface area contributed by atoms with E-state index in [9.17, 15) is 14.7 Å². The van der Waals surface area contributed by atoms with Gasteiger partial charge in [-0.25, -0.2) is 0 Å². The fraction of sp³-hybridized carbons (Fsp3) is 0.781. The molecule has 214 valence electrons. The molecule has 4 aliphatic carbocycles. The molecule has 2 heterocycles. The Morgan fingerprint density at radius 2 is 1.85 bits per heavy atom. The van der Waals surface area contributed by atoms with Gasteiger partial charge < -0.3 is 14.9 Å². The minimum absolute atomic E-state index is 0.0111. The monoisotopic (exact) mass is 536 g/mol. The zero-order chi connectivity index (χ0) is 27.4. The number of aromatic amines is 1. The zero-order valence-electron chi connectivity index (χ0n) is 24.2. The Morgan fingerprint density at radius 1 is 1.08 bits per heavy atom. The van der Waals surface area contributed by atoms with Crippen molar-refractivity contribution >= 4 is 11.8 Å². The number of amides is 2. The third kappa shape index (κ3) is 4.66. The number of piperazine rings is 1. The molecule has 3 saturated carbocycles. The van der Waals surface area contributed by atoms with Gasteiger partial charge in [0.2, 0.25) is 5.91 Å². The summed E-state index contributed by atoms with van der Waals surface area (Å²) in [6.07, 6.45) is 16.7. The summed E-state index contributed by atoms with van der Waals surface area (Å²) in [7, 11) is 0. The average Bonchev–Trinajstić information content (AvgIpc) is 3.60. The van der Waals surface area contributed by atoms with Gasteiger partial charge in [0.1, 0.15) is 0 Å². The van der Waals surface area contributed by atoms with Gasteiger partial charge >= 0.3 is 0 Å². The van der Waals surface area contributed by atoms with Crippen LogP contribution < -0.4 is 0 Å². The zero-order valence-corrected chi connectivity index (χ0v) is 24.2. The predicted octanol–water partition coefficient (Wildman–Crippen LogP) is 5.05. The van der Waals surface area contributed by atoms with E-state index in [2.05, 4.69) is 37.0 Å². The maximum atomic E-state index is 13.1. The van der Waals surface area contributed by atoms with Gasteiger partial charge in [0.25, 0.3) is 5.91 Å². The summed E-state index contributed by atoms with van der Waals surface area (Å²) >= 11 is 0. The molecule has 2 N–H and O–H groups in total. The van der Waals surface area contributed by atoms with Crippen LogP contribution in [0.15, 0.2) is 24.0 Å². The molecule has 6 rings (SSSR count). The standard InChI is InChI=1S/C32H48N4O3/c1-21(4-9-29(38)35-14-16-36(17-15-35)30(39)22-19-33-34-20-22)26-7-8-27-25-6-5-23-18-24(37)10-12-31(23,2)28(25)11-13-32(26,27)3/h5,19-21,24-28,37H,4,6-18H2,1-3H3,(H,33,34)/t21-,24+,25+,26-,27+,28+,31+,32-/m1/s1. The lowest BCUT2D eigenvalue weighted by Crippen LogP contribution is -2.51. The highest BCUT2D eigenvalue weighted by Crippen LogP contribution is 2.67. The molecule has 39 heavy (non-hydrogen) atoms. The van der Waals surface area contributed by atoms with Crippen LogP contribution in [0, 0.1) is 40.4 Å². The van der Waals surface area contributed by atoms with Gasteiger partial charge in [-0.2, -0.15) is 5.10 Å². The van der Waals surface area contributed by atoms with E-state index in [-0.39, 0.29) is 17.9 Å². The molecule has 8 atom stereocenters. The fourth-order valence-corrected chi connectivity index (χ4v) is 10.0. The number of hydrogen-bond donors (Lipinski definition) is 2. The molecule has 1 aliphatic heterocycles. The molecule has 4 fully saturated rings. The SMILES string of the molecule is C[C@H](CCC(=O)N1CCN(C(=O)c2cn[nH]c2)CC1)[C@H]1CC[C@H]2[C@@H]3CC=C4C[C@@H](O)CC[C@]4(C)[C@H]3CC[C@]12C. The number of H-pyrrole nitrogens is 1. The lowest BCUT2D eigenvalue weighted by atomic mass is 9.47. The van der Waals surface area contributed by atoms with E-state index in [4.69, 9.17) is 0 Å². The molecule has 0 aromatic carbocycles. The number of carbonyl (C=O) groups is 2. The molecule has 1 aromatic rings. The highest BCUT2D eigenvalue weighted by Gasteiger charge is 2.59. The van der Waals surface area contributed by atoms with Crippen LogP contribution in [0.1, 0.15) is 95.3 Å². The van der Waals surface area contributed by atoms with Crippen molar-refractivity contribution in [2.75, 3.05) is 26.2 Å². The van der Waals surface area contributed by atoms with Gasteiger partial charge in [-0.1, -0.05) is 32.4 Å². The molecule has 0 radical (unpaired) electrons. The number of nitrogens with one attached hydrogen (secondary N) is 1. The van der Waals surface area contributed by atoms with E-state index in [1.165, 1.54) is 32.1 Å². The van der Waals surface area contributed by atoms with Crippen molar-refractivity contribution in [2.24, 2.45) is 40.4 Å². The fourth-order valence-electron chi connectivity index (χ4n) is 10.0. The van der Waals surface area contributed by atoms with Gasteiger partial charge in [-0.3, -0.25) is 14.7 Å². The van der Waals surface area contributed by atoms with Crippen molar-refractivity contribution in [3.05, 3.63) is 29.6 Å². The molecule has 2 amide bonds. The number of hydrogen-bond acceptors (Lipinski definition) is 4. The second kappa shape index (κ2) is 10.4. The molecular weight excluding hydrogens is 488 g/mol. The Morgan fingerprint density at radius 3 is 2.59 bits per heavy atom. The summed E-state index contributed by atoms with van der Waals surface area (Å²) in [5, 5.41) is 16.9. The normalized spacial score (nSPS) is 38.9. The first-order valence-electron chi connectivity index (χ1n) is 15.6. The van der Waals surface area contributed by atoms with E-state index >= 15 is 0 Å². The first-order valence-corrected chi connectivity index (χ1v) is 15.6. The van der Waals surface area contributed by atoms with Crippen molar-refractivity contribution in [3.8, 4) is 0 Å². The number of aromatic nitrogens is 2. The molecule has 0 spiro atoms. The van der Waals surface area contributed by atoms with Crippen LogP contribution in [0.3, 0.4) is 0 Å². The number of allylic oxidation sites excluding steroid dienone is 1. The van der Waals surface area contributed by atoms with Crippen LogP contribution in [0.2, 0.25) is 0 Å². The Hall–Kier alpha value is -2.15. The lowest BCUT2D eigenvalue weighted by molar-refractivity contribution is -0.133.